The molecule has 0 aromatic rings. The van der Waals surface area contributed by atoms with Crippen molar-refractivity contribution in [3.05, 3.63) is 24.3 Å². The van der Waals surface area contributed by atoms with Crippen LogP contribution in [0.1, 0.15) is 20.3 Å². The Balaban J connectivity index is 4.74. The standard InChI is InChI=1S/C12H18O5/c1-5-6-10(7-8-17-9(2)13)12(3,15)11(14)16-4/h5-6,15H,1,7-8H2,2-4H3/b10-6+/t12-/m1/s1. The number of esters is 2. The maximum Gasteiger partial charge on any atom is 0.341 e. The van der Waals surface area contributed by atoms with Gasteiger partial charge in [-0.2, -0.15) is 0 Å². The Bertz CT molecular complexity index is 328. The number of aliphatic hydroxyl groups is 1. The molecule has 0 fully saturated rings. The lowest BCUT2D eigenvalue weighted by atomic mass is 9.93. The third kappa shape index (κ3) is 4.82. The molecule has 17 heavy (non-hydrogen) atoms. The van der Waals surface area contributed by atoms with Crippen molar-refractivity contribution in [1.29, 1.82) is 0 Å². The van der Waals surface area contributed by atoms with Crippen LogP contribution in [0.4, 0.5) is 0 Å². The molecule has 5 nitrogen and oxygen atoms in total. The normalized spacial score (nSPS) is 14.7. The minimum Gasteiger partial charge on any atom is -0.467 e. The second-order valence-electron chi connectivity index (χ2n) is 3.58. The maximum atomic E-state index is 11.4. The highest BCUT2D eigenvalue weighted by Crippen LogP contribution is 2.21. The molecule has 0 bridgehead atoms. The highest BCUT2D eigenvalue weighted by atomic mass is 16.5. The van der Waals surface area contributed by atoms with Crippen molar-refractivity contribution in [2.45, 2.75) is 25.9 Å². The van der Waals surface area contributed by atoms with Gasteiger partial charge in [-0.3, -0.25) is 4.79 Å². The SMILES string of the molecule is C=C/C=C(\CCOC(C)=O)[C@@](C)(O)C(=O)OC. The van der Waals surface area contributed by atoms with Crippen molar-refractivity contribution in [2.24, 2.45) is 0 Å². The Morgan fingerprint density at radius 3 is 2.47 bits per heavy atom. The lowest BCUT2D eigenvalue weighted by molar-refractivity contribution is -0.156. The topological polar surface area (TPSA) is 72.8 Å². The first kappa shape index (κ1) is 15.4. The number of rotatable bonds is 6. The summed E-state index contributed by atoms with van der Waals surface area (Å²) in [5.41, 5.74) is -1.37. The molecule has 0 unspecified atom stereocenters. The molecular formula is C12H18O5. The fourth-order valence-electron chi connectivity index (χ4n) is 1.27. The molecule has 0 aliphatic heterocycles. The molecule has 5 heteroatoms. The third-order valence-corrected chi connectivity index (χ3v) is 2.20. The lowest BCUT2D eigenvalue weighted by Crippen LogP contribution is -2.38. The predicted octanol–water partition coefficient (Wildman–Crippen LogP) is 0.976. The molecule has 0 aromatic heterocycles. The minimum absolute atomic E-state index is 0.0855. The van der Waals surface area contributed by atoms with E-state index in [1.165, 1.54) is 33.1 Å². The van der Waals surface area contributed by atoms with Gasteiger partial charge in [0.15, 0.2) is 5.60 Å². The molecule has 96 valence electrons. The van der Waals surface area contributed by atoms with Gasteiger partial charge in [0.2, 0.25) is 0 Å². The summed E-state index contributed by atoms with van der Waals surface area (Å²) in [5.74, 6) is -1.19. The first-order chi connectivity index (χ1) is 7.86. The van der Waals surface area contributed by atoms with E-state index < -0.39 is 17.5 Å². The Morgan fingerprint density at radius 2 is 2.06 bits per heavy atom. The number of hydrogen-bond donors (Lipinski definition) is 1. The van der Waals surface area contributed by atoms with Gasteiger partial charge in [-0.15, -0.1) is 0 Å². The Kier molecular flexibility index (Phi) is 6.20. The molecule has 0 radical (unpaired) electrons. The fraction of sp³-hybridized carbons (Fsp3) is 0.500. The van der Waals surface area contributed by atoms with E-state index in [2.05, 4.69) is 11.3 Å². The molecule has 0 aromatic carbocycles. The van der Waals surface area contributed by atoms with E-state index in [0.717, 1.165) is 0 Å². The van der Waals surface area contributed by atoms with E-state index in [4.69, 9.17) is 4.74 Å². The van der Waals surface area contributed by atoms with Gasteiger partial charge in [0.1, 0.15) is 0 Å². The van der Waals surface area contributed by atoms with Crippen LogP contribution < -0.4 is 0 Å². The van der Waals surface area contributed by atoms with E-state index in [0.29, 0.717) is 5.57 Å². The van der Waals surface area contributed by atoms with E-state index in [1.54, 1.807) is 0 Å². The van der Waals surface area contributed by atoms with Gasteiger partial charge < -0.3 is 14.6 Å². The average molecular weight is 242 g/mol. The summed E-state index contributed by atoms with van der Waals surface area (Å²) in [7, 11) is 1.19. The molecule has 1 atom stereocenters. The minimum atomic E-state index is -1.75. The van der Waals surface area contributed by atoms with Crippen molar-refractivity contribution in [3.63, 3.8) is 0 Å². The zero-order valence-corrected chi connectivity index (χ0v) is 10.4. The molecule has 0 heterocycles. The molecule has 0 saturated heterocycles. The van der Waals surface area contributed by atoms with Gasteiger partial charge in [0.25, 0.3) is 0 Å². The molecule has 0 rings (SSSR count). The highest BCUT2D eigenvalue weighted by Gasteiger charge is 2.35. The molecule has 0 aliphatic rings. The summed E-state index contributed by atoms with van der Waals surface area (Å²) >= 11 is 0. The number of carbonyl (C=O) groups is 2. The Hall–Kier alpha value is -1.62. The van der Waals surface area contributed by atoms with Crippen LogP contribution in [0.25, 0.3) is 0 Å². The smallest absolute Gasteiger partial charge is 0.341 e. The number of methoxy groups -OCH3 is 1. The lowest BCUT2D eigenvalue weighted by Gasteiger charge is -2.23. The third-order valence-electron chi connectivity index (χ3n) is 2.20. The van der Waals surface area contributed by atoms with Crippen LogP contribution >= 0.6 is 0 Å². The van der Waals surface area contributed by atoms with Crippen molar-refractivity contribution in [3.8, 4) is 0 Å². The number of ether oxygens (including phenoxy) is 2. The van der Waals surface area contributed by atoms with Crippen LogP contribution in [0.15, 0.2) is 24.3 Å². The monoisotopic (exact) mass is 242 g/mol. The second kappa shape index (κ2) is 6.85. The highest BCUT2D eigenvalue weighted by molar-refractivity contribution is 5.82. The van der Waals surface area contributed by atoms with Gasteiger partial charge in [-0.05, 0) is 12.5 Å². The van der Waals surface area contributed by atoms with E-state index in [-0.39, 0.29) is 13.0 Å². The first-order valence-corrected chi connectivity index (χ1v) is 5.12. The quantitative estimate of drug-likeness (QED) is 0.555. The van der Waals surface area contributed by atoms with Crippen LogP contribution in [0.5, 0.6) is 0 Å². The number of hydrogen-bond acceptors (Lipinski definition) is 5. The molecule has 1 N–H and O–H groups in total. The van der Waals surface area contributed by atoms with Crippen LogP contribution in [0.2, 0.25) is 0 Å². The van der Waals surface area contributed by atoms with Gasteiger partial charge >= 0.3 is 11.9 Å². The average Bonchev–Trinajstić information content (AvgIpc) is 2.26. The molecule has 0 spiro atoms. The van der Waals surface area contributed by atoms with E-state index in [9.17, 15) is 14.7 Å². The van der Waals surface area contributed by atoms with E-state index >= 15 is 0 Å². The fourth-order valence-corrected chi connectivity index (χ4v) is 1.27. The van der Waals surface area contributed by atoms with Crippen LogP contribution in [-0.4, -0.2) is 36.4 Å². The van der Waals surface area contributed by atoms with Crippen molar-refractivity contribution in [1.82, 2.24) is 0 Å². The van der Waals surface area contributed by atoms with Gasteiger partial charge in [0.05, 0.1) is 13.7 Å². The molecular weight excluding hydrogens is 224 g/mol. The van der Waals surface area contributed by atoms with Crippen molar-refractivity contribution in [2.75, 3.05) is 13.7 Å². The van der Waals surface area contributed by atoms with E-state index in [1.807, 2.05) is 0 Å². The summed E-state index contributed by atoms with van der Waals surface area (Å²) in [6.45, 7) is 6.19. The molecule has 0 aliphatic carbocycles. The van der Waals surface area contributed by atoms with Crippen molar-refractivity contribution < 1.29 is 24.2 Å². The zero-order chi connectivity index (χ0) is 13.5. The van der Waals surface area contributed by atoms with Crippen LogP contribution in [-0.2, 0) is 19.1 Å². The summed E-state index contributed by atoms with van der Waals surface area (Å²) in [5, 5.41) is 10.0. The van der Waals surface area contributed by atoms with Crippen molar-refractivity contribution >= 4 is 11.9 Å². The van der Waals surface area contributed by atoms with Gasteiger partial charge in [-0.1, -0.05) is 18.7 Å². The zero-order valence-electron chi connectivity index (χ0n) is 10.4. The van der Waals surface area contributed by atoms with Crippen LogP contribution in [0.3, 0.4) is 0 Å². The van der Waals surface area contributed by atoms with Gasteiger partial charge in [-0.25, -0.2) is 4.79 Å². The van der Waals surface area contributed by atoms with Gasteiger partial charge in [0, 0.05) is 13.3 Å². The summed E-state index contributed by atoms with van der Waals surface area (Å²) in [6.07, 6.45) is 3.18. The van der Waals surface area contributed by atoms with Crippen LogP contribution in [0, 0.1) is 0 Å². The summed E-state index contributed by atoms with van der Waals surface area (Å²) < 4.78 is 9.25. The Labute approximate surface area is 101 Å². The predicted molar refractivity (Wildman–Crippen MR) is 62.2 cm³/mol. The summed E-state index contributed by atoms with van der Waals surface area (Å²) in [6, 6.07) is 0. The first-order valence-electron chi connectivity index (χ1n) is 5.12. The summed E-state index contributed by atoms with van der Waals surface area (Å²) in [4.78, 5) is 22.0. The second-order valence-corrected chi connectivity index (χ2v) is 3.58. The Morgan fingerprint density at radius 1 is 1.47 bits per heavy atom. The number of carbonyl (C=O) groups excluding carboxylic acids is 2. The molecule has 0 saturated carbocycles. The number of allylic oxidation sites excluding steroid dienone is 2. The maximum absolute atomic E-state index is 11.4. The largest absolute Gasteiger partial charge is 0.467 e. The molecule has 0 amide bonds.